The van der Waals surface area contributed by atoms with Gasteiger partial charge in [-0.25, -0.2) is 0 Å². The fourth-order valence-corrected chi connectivity index (χ4v) is 8.49. The summed E-state index contributed by atoms with van der Waals surface area (Å²) in [5, 5.41) is 10.1. The lowest BCUT2D eigenvalue weighted by Gasteiger charge is -2.67. The SMILES string of the molecule is CC1(C)O[C@]23CCC4[C@@H](CCC5C[C@@H](O)CC[C@@]54C)[C@@H]2CCC13. The van der Waals surface area contributed by atoms with Gasteiger partial charge in [-0.2, -0.15) is 0 Å². The minimum atomic E-state index is -0.0221. The van der Waals surface area contributed by atoms with Crippen LogP contribution < -0.4 is 0 Å². The van der Waals surface area contributed by atoms with Crippen molar-refractivity contribution in [1.29, 1.82) is 0 Å². The quantitative estimate of drug-likeness (QED) is 0.710. The molecule has 1 saturated heterocycles. The van der Waals surface area contributed by atoms with Crippen molar-refractivity contribution in [2.75, 3.05) is 0 Å². The second-order valence-corrected chi connectivity index (χ2v) is 10.4. The zero-order valence-electron chi connectivity index (χ0n) is 15.2. The third-order valence-electron chi connectivity index (χ3n) is 9.36. The Morgan fingerprint density at radius 3 is 2.48 bits per heavy atom. The fourth-order valence-electron chi connectivity index (χ4n) is 8.49. The molecule has 5 rings (SSSR count). The Hall–Kier alpha value is -0.0800. The summed E-state index contributed by atoms with van der Waals surface area (Å²) in [5.74, 6) is 4.23. The van der Waals surface area contributed by atoms with Crippen LogP contribution in [0.1, 0.15) is 78.6 Å². The summed E-state index contributed by atoms with van der Waals surface area (Å²) in [7, 11) is 0. The van der Waals surface area contributed by atoms with Gasteiger partial charge in [-0.05, 0) is 101 Å². The number of aliphatic hydroxyl groups excluding tert-OH is 1. The average molecular weight is 319 g/mol. The molecule has 0 aromatic carbocycles. The summed E-state index contributed by atoms with van der Waals surface area (Å²) in [6.45, 7) is 7.21. The molecule has 0 radical (unpaired) electrons. The first-order valence-corrected chi connectivity index (χ1v) is 10.2. The molecular formula is C21H34O2. The highest BCUT2D eigenvalue weighted by Gasteiger charge is 2.70. The molecule has 5 aliphatic rings. The molecule has 1 spiro atoms. The van der Waals surface area contributed by atoms with Gasteiger partial charge in [0.25, 0.3) is 0 Å². The average Bonchev–Trinajstić information content (AvgIpc) is 2.82. The van der Waals surface area contributed by atoms with Gasteiger partial charge in [-0.1, -0.05) is 6.92 Å². The molecule has 0 amide bonds. The van der Waals surface area contributed by atoms with Crippen LogP contribution in [0.5, 0.6) is 0 Å². The summed E-state index contributed by atoms with van der Waals surface area (Å²) in [6, 6.07) is 0. The van der Waals surface area contributed by atoms with Crippen molar-refractivity contribution >= 4 is 0 Å². The molecule has 3 unspecified atom stereocenters. The maximum Gasteiger partial charge on any atom is 0.0776 e. The van der Waals surface area contributed by atoms with E-state index in [1.54, 1.807) is 0 Å². The molecule has 4 saturated carbocycles. The van der Waals surface area contributed by atoms with Crippen LogP contribution >= 0.6 is 0 Å². The second-order valence-electron chi connectivity index (χ2n) is 10.4. The highest BCUT2D eigenvalue weighted by molar-refractivity contribution is 5.19. The van der Waals surface area contributed by atoms with Crippen molar-refractivity contribution in [1.82, 2.24) is 0 Å². The molecule has 1 aliphatic heterocycles. The first-order valence-electron chi connectivity index (χ1n) is 10.2. The summed E-state index contributed by atoms with van der Waals surface area (Å²) < 4.78 is 6.64. The molecule has 1 N–H and O–H groups in total. The van der Waals surface area contributed by atoms with Gasteiger partial charge in [0.15, 0.2) is 0 Å². The zero-order chi connectivity index (χ0) is 16.0. The molecule has 23 heavy (non-hydrogen) atoms. The van der Waals surface area contributed by atoms with Crippen LogP contribution in [0.2, 0.25) is 0 Å². The highest BCUT2D eigenvalue weighted by atomic mass is 16.6. The van der Waals surface area contributed by atoms with E-state index in [1.807, 2.05) is 0 Å². The lowest BCUT2D eigenvalue weighted by atomic mass is 9.45. The third kappa shape index (κ3) is 1.78. The van der Waals surface area contributed by atoms with Gasteiger partial charge in [0, 0.05) is 5.92 Å². The molecule has 4 aliphatic carbocycles. The minimum Gasteiger partial charge on any atom is -0.393 e. The van der Waals surface area contributed by atoms with Crippen LogP contribution in [0.25, 0.3) is 0 Å². The van der Waals surface area contributed by atoms with Gasteiger partial charge < -0.3 is 9.84 Å². The second kappa shape index (κ2) is 4.55. The Morgan fingerprint density at radius 1 is 0.870 bits per heavy atom. The van der Waals surface area contributed by atoms with E-state index < -0.39 is 0 Å². The smallest absolute Gasteiger partial charge is 0.0776 e. The Kier molecular flexibility index (Phi) is 3.01. The zero-order valence-corrected chi connectivity index (χ0v) is 15.2. The first-order chi connectivity index (χ1) is 10.9. The van der Waals surface area contributed by atoms with E-state index in [2.05, 4.69) is 20.8 Å². The Balaban J connectivity index is 1.44. The summed E-state index contributed by atoms with van der Waals surface area (Å²) >= 11 is 0. The lowest BCUT2D eigenvalue weighted by molar-refractivity contribution is -0.335. The van der Waals surface area contributed by atoms with Crippen molar-refractivity contribution in [3.63, 3.8) is 0 Å². The van der Waals surface area contributed by atoms with E-state index in [1.165, 1.54) is 44.9 Å². The van der Waals surface area contributed by atoms with Crippen LogP contribution in [-0.4, -0.2) is 22.4 Å². The molecule has 2 heteroatoms. The van der Waals surface area contributed by atoms with Crippen LogP contribution in [0.15, 0.2) is 0 Å². The van der Waals surface area contributed by atoms with E-state index in [0.29, 0.717) is 5.41 Å². The van der Waals surface area contributed by atoms with Gasteiger partial charge in [-0.15, -0.1) is 0 Å². The van der Waals surface area contributed by atoms with Crippen molar-refractivity contribution in [3.8, 4) is 0 Å². The molecule has 0 aromatic rings. The maximum atomic E-state index is 10.1. The molecule has 1 heterocycles. The predicted molar refractivity (Wildman–Crippen MR) is 91.0 cm³/mol. The number of ether oxygens (including phenoxy) is 1. The Labute approximate surface area is 141 Å². The van der Waals surface area contributed by atoms with Crippen molar-refractivity contribution in [3.05, 3.63) is 0 Å². The predicted octanol–water partition coefficient (Wildman–Crippen LogP) is 4.55. The molecule has 8 atom stereocenters. The monoisotopic (exact) mass is 318 g/mol. The third-order valence-corrected chi connectivity index (χ3v) is 9.36. The van der Waals surface area contributed by atoms with Crippen LogP contribution in [0.3, 0.4) is 0 Å². The Bertz CT molecular complexity index is 514. The van der Waals surface area contributed by atoms with Gasteiger partial charge in [0.1, 0.15) is 0 Å². The van der Waals surface area contributed by atoms with E-state index >= 15 is 0 Å². The molecule has 0 bridgehead atoms. The number of aliphatic hydroxyl groups is 1. The number of hydrogen-bond donors (Lipinski definition) is 1. The van der Waals surface area contributed by atoms with Gasteiger partial charge in [0.05, 0.1) is 17.3 Å². The lowest BCUT2D eigenvalue weighted by Crippen LogP contribution is -2.69. The van der Waals surface area contributed by atoms with Gasteiger partial charge in [0.2, 0.25) is 0 Å². The van der Waals surface area contributed by atoms with Crippen LogP contribution in [-0.2, 0) is 4.74 Å². The summed E-state index contributed by atoms with van der Waals surface area (Å²) in [4.78, 5) is 0. The first kappa shape index (κ1) is 15.2. The van der Waals surface area contributed by atoms with E-state index in [-0.39, 0.29) is 17.3 Å². The van der Waals surface area contributed by atoms with Crippen molar-refractivity contribution in [2.45, 2.75) is 95.9 Å². The summed E-state index contributed by atoms with van der Waals surface area (Å²) in [6.07, 6.45) is 11.6. The van der Waals surface area contributed by atoms with Crippen LogP contribution in [0.4, 0.5) is 0 Å². The number of hydrogen-bond acceptors (Lipinski definition) is 2. The number of rotatable bonds is 0. The number of fused-ring (bicyclic) bond motifs is 4. The maximum absolute atomic E-state index is 10.1. The van der Waals surface area contributed by atoms with Crippen LogP contribution in [0, 0.1) is 35.0 Å². The van der Waals surface area contributed by atoms with E-state index in [9.17, 15) is 5.11 Å². The normalized spacial score (nSPS) is 60.0. The van der Waals surface area contributed by atoms with E-state index in [4.69, 9.17) is 4.74 Å². The van der Waals surface area contributed by atoms with Crippen molar-refractivity contribution < 1.29 is 9.84 Å². The van der Waals surface area contributed by atoms with Gasteiger partial charge >= 0.3 is 0 Å². The summed E-state index contributed by atoms with van der Waals surface area (Å²) in [5.41, 5.74) is 0.904. The standard InChI is InChI=1S/C21H34O2/c1-19(2)18-7-6-17-15-5-4-13-12-14(22)8-10-20(13,3)16(15)9-11-21(17,18)23-19/h13-18,22H,4-12H2,1-3H3/t13?,14-,15+,16?,17-,18?,20-,21+/m0/s1. The van der Waals surface area contributed by atoms with Gasteiger partial charge in [-0.3, -0.25) is 0 Å². The molecular weight excluding hydrogens is 284 g/mol. The largest absolute Gasteiger partial charge is 0.393 e. The van der Waals surface area contributed by atoms with E-state index in [0.717, 1.165) is 42.4 Å². The fraction of sp³-hybridized carbons (Fsp3) is 1.00. The Morgan fingerprint density at radius 2 is 1.70 bits per heavy atom. The molecule has 5 fully saturated rings. The van der Waals surface area contributed by atoms with Crippen molar-refractivity contribution in [2.24, 2.45) is 35.0 Å². The molecule has 0 aromatic heterocycles. The minimum absolute atomic E-state index is 0.0221. The molecule has 130 valence electrons. The highest BCUT2D eigenvalue weighted by Crippen LogP contribution is 2.70. The molecule has 2 nitrogen and oxygen atoms in total. The topological polar surface area (TPSA) is 29.5 Å².